The Hall–Kier alpha value is -8.42. The predicted molar refractivity (Wildman–Crippen MR) is 288 cm³/mol. The largest absolute Gasteiger partial charge is 0.463 e. The van der Waals surface area contributed by atoms with Crippen LogP contribution in [0.5, 0.6) is 0 Å². The molecule has 2 aliphatic heterocycles. The second-order valence-corrected chi connectivity index (χ2v) is 22.3. The maximum Gasteiger partial charge on any atom is 0.435 e. The SMILES string of the molecule is CC(C)(C)OC(=O)N1CC=C(c2ccc3c(c(C(=O)Nc4ccncc4)nn3C(=O)O)c2C(C)(C)C)CC1.CC(C)(C)OC(=O)N1CC=C(c2ccc3c(c2)c(C(=O)Nc2ccncc2)nn3C(=O)OC(C)(C)C)CC1. The van der Waals surface area contributed by atoms with E-state index in [0.29, 0.717) is 72.2 Å². The van der Waals surface area contributed by atoms with E-state index in [1.165, 1.54) is 0 Å². The van der Waals surface area contributed by atoms with Gasteiger partial charge in [0.15, 0.2) is 11.4 Å². The van der Waals surface area contributed by atoms with Crippen LogP contribution in [0.2, 0.25) is 0 Å². The van der Waals surface area contributed by atoms with Gasteiger partial charge in [0, 0.05) is 73.1 Å². The van der Waals surface area contributed by atoms with Crippen molar-refractivity contribution in [3.63, 3.8) is 0 Å². The summed E-state index contributed by atoms with van der Waals surface area (Å²) in [6.07, 6.45) is 8.74. The number of pyridine rings is 2. The minimum Gasteiger partial charge on any atom is -0.463 e. The standard InChI is InChI=1S/2C28H33N5O5/c1-27(2,3)37-25(35)32-15-11-18(12-16-32)19-7-8-22-21(17-19)23(24(34)30-20-9-13-29-14-10-20)31-33(22)26(36)38-28(4,5)6;1-27(2,3)22-19(17-11-15-32(16-12-17)26(37)38-28(4,5)6)7-8-20-21(22)23(31-33(20)25(35)36)24(34)30-18-9-13-29-14-10-18/h7-11,13-14,17H,12,15-16H2,1-6H3,(H,29,30,34);7-11,13-14H,12,15-16H2,1-6H3,(H,35,36)(H,29,30,34). The topological polar surface area (TPSA) is 242 Å². The molecule has 76 heavy (non-hydrogen) atoms. The van der Waals surface area contributed by atoms with Crippen molar-refractivity contribution in [1.29, 1.82) is 0 Å². The van der Waals surface area contributed by atoms with Gasteiger partial charge in [-0.3, -0.25) is 19.6 Å². The molecule has 0 saturated carbocycles. The summed E-state index contributed by atoms with van der Waals surface area (Å²) in [7, 11) is 0. The third-order valence-electron chi connectivity index (χ3n) is 11.8. The van der Waals surface area contributed by atoms with E-state index in [2.05, 4.69) is 30.8 Å². The van der Waals surface area contributed by atoms with Crippen molar-refractivity contribution in [2.24, 2.45) is 0 Å². The van der Waals surface area contributed by atoms with E-state index in [4.69, 9.17) is 14.2 Å². The molecule has 400 valence electrons. The smallest absolute Gasteiger partial charge is 0.435 e. The number of carboxylic acid groups (broad SMARTS) is 1. The van der Waals surface area contributed by atoms with Crippen molar-refractivity contribution in [3.8, 4) is 0 Å². The first-order valence-corrected chi connectivity index (χ1v) is 24.9. The van der Waals surface area contributed by atoms with Gasteiger partial charge in [-0.25, -0.2) is 19.2 Å². The fraction of sp³-hybridized carbons (Fsp3) is 0.393. The second-order valence-electron chi connectivity index (χ2n) is 22.3. The fourth-order valence-corrected chi connectivity index (χ4v) is 8.57. The molecule has 0 spiro atoms. The van der Waals surface area contributed by atoms with Crippen LogP contribution in [0.3, 0.4) is 0 Å². The number of carbonyl (C=O) groups excluding carboxylic acids is 5. The maximum absolute atomic E-state index is 13.4. The number of hydrogen-bond acceptors (Lipinski definition) is 13. The lowest BCUT2D eigenvalue weighted by Crippen LogP contribution is -2.39. The Bertz CT molecular complexity index is 3260. The minimum absolute atomic E-state index is 0.0257. The molecule has 0 fully saturated rings. The Morgan fingerprint density at radius 3 is 1.47 bits per heavy atom. The van der Waals surface area contributed by atoms with Crippen LogP contribution >= 0.6 is 0 Å². The van der Waals surface area contributed by atoms with Crippen molar-refractivity contribution in [1.82, 2.24) is 39.3 Å². The first-order chi connectivity index (χ1) is 35.6. The summed E-state index contributed by atoms with van der Waals surface area (Å²) in [6.45, 7) is 24.1. The number of benzene rings is 2. The van der Waals surface area contributed by atoms with Crippen molar-refractivity contribution in [2.75, 3.05) is 36.8 Å². The highest BCUT2D eigenvalue weighted by atomic mass is 16.6. The number of amides is 4. The van der Waals surface area contributed by atoms with Gasteiger partial charge in [0.1, 0.15) is 16.8 Å². The van der Waals surface area contributed by atoms with Gasteiger partial charge in [0.2, 0.25) is 0 Å². The first kappa shape index (κ1) is 55.3. The summed E-state index contributed by atoms with van der Waals surface area (Å²) >= 11 is 0. The average Bonchev–Trinajstić information content (AvgIpc) is 3.95. The molecule has 3 N–H and O–H groups in total. The summed E-state index contributed by atoms with van der Waals surface area (Å²) in [4.78, 5) is 87.8. The first-order valence-electron chi connectivity index (χ1n) is 24.9. The molecule has 2 aromatic carbocycles. The number of anilines is 2. The molecule has 0 aliphatic carbocycles. The van der Waals surface area contributed by atoms with Crippen LogP contribution < -0.4 is 10.6 Å². The van der Waals surface area contributed by atoms with Crippen molar-refractivity contribution >= 4 is 80.5 Å². The molecule has 2 aliphatic rings. The molecule has 6 aromatic rings. The van der Waals surface area contributed by atoms with Crippen LogP contribution in [0.4, 0.5) is 30.6 Å². The summed E-state index contributed by atoms with van der Waals surface area (Å²) in [6, 6.07) is 15.7. The van der Waals surface area contributed by atoms with E-state index in [1.807, 2.05) is 92.7 Å². The van der Waals surface area contributed by atoms with E-state index in [9.17, 15) is 33.9 Å². The molecule has 0 radical (unpaired) electrons. The zero-order valence-corrected chi connectivity index (χ0v) is 45.1. The zero-order valence-electron chi connectivity index (χ0n) is 45.1. The molecule has 20 heteroatoms. The summed E-state index contributed by atoms with van der Waals surface area (Å²) < 4.78 is 18.5. The van der Waals surface area contributed by atoms with Crippen LogP contribution in [-0.4, -0.2) is 124 Å². The third kappa shape index (κ3) is 13.5. The van der Waals surface area contributed by atoms with Crippen molar-refractivity contribution in [3.05, 3.63) is 120 Å². The molecule has 0 bridgehead atoms. The molecule has 6 heterocycles. The number of nitrogens with one attached hydrogen (secondary N) is 2. The number of carbonyl (C=O) groups is 6. The van der Waals surface area contributed by atoms with Crippen LogP contribution in [0.25, 0.3) is 33.0 Å². The van der Waals surface area contributed by atoms with Gasteiger partial charge in [0.25, 0.3) is 11.8 Å². The van der Waals surface area contributed by atoms with Gasteiger partial charge < -0.3 is 39.8 Å². The van der Waals surface area contributed by atoms with Crippen LogP contribution in [0.15, 0.2) is 91.5 Å². The van der Waals surface area contributed by atoms with E-state index < -0.39 is 46.2 Å². The fourth-order valence-electron chi connectivity index (χ4n) is 8.57. The van der Waals surface area contributed by atoms with E-state index in [-0.39, 0.29) is 23.6 Å². The quantitative estimate of drug-likeness (QED) is 0.131. The lowest BCUT2D eigenvalue weighted by Gasteiger charge is -2.31. The molecule has 4 aromatic heterocycles. The molecular weight excluding hydrogens is 973 g/mol. The molecule has 0 unspecified atom stereocenters. The molecule has 0 atom stereocenters. The van der Waals surface area contributed by atoms with E-state index >= 15 is 0 Å². The summed E-state index contributed by atoms with van der Waals surface area (Å²) in [5, 5.41) is 25.0. The molecule has 20 nitrogen and oxygen atoms in total. The Labute approximate surface area is 441 Å². The monoisotopic (exact) mass is 1040 g/mol. The maximum atomic E-state index is 13.4. The zero-order chi connectivity index (χ0) is 55.5. The lowest BCUT2D eigenvalue weighted by atomic mass is 9.78. The second kappa shape index (κ2) is 21.8. The Morgan fingerprint density at radius 1 is 0.553 bits per heavy atom. The molecular formula is C56H66N10O10. The van der Waals surface area contributed by atoms with Gasteiger partial charge >= 0.3 is 24.4 Å². The van der Waals surface area contributed by atoms with Crippen molar-refractivity contribution in [2.45, 2.75) is 118 Å². The van der Waals surface area contributed by atoms with Crippen LogP contribution in [0, 0.1) is 0 Å². The predicted octanol–water partition coefficient (Wildman–Crippen LogP) is 11.0. The summed E-state index contributed by atoms with van der Waals surface area (Å²) in [5.41, 5.74) is 4.28. The third-order valence-corrected chi connectivity index (χ3v) is 11.8. The highest BCUT2D eigenvalue weighted by molar-refractivity contribution is 6.14. The van der Waals surface area contributed by atoms with Gasteiger partial charge in [-0.2, -0.15) is 19.6 Å². The van der Waals surface area contributed by atoms with Crippen LogP contribution in [0.1, 0.15) is 134 Å². The minimum atomic E-state index is -1.28. The van der Waals surface area contributed by atoms with Gasteiger partial charge in [-0.05, 0) is 151 Å². The Kier molecular flexibility index (Phi) is 15.9. The van der Waals surface area contributed by atoms with E-state index in [0.717, 1.165) is 37.2 Å². The number of fused-ring (bicyclic) bond motifs is 2. The number of rotatable bonds is 6. The van der Waals surface area contributed by atoms with Crippen molar-refractivity contribution < 1.29 is 48.1 Å². The Balaban J connectivity index is 0.000000221. The van der Waals surface area contributed by atoms with Gasteiger partial charge in [0.05, 0.1) is 11.0 Å². The molecule has 0 saturated heterocycles. The van der Waals surface area contributed by atoms with Gasteiger partial charge in [-0.1, -0.05) is 45.1 Å². The number of hydrogen-bond donors (Lipinski definition) is 3. The number of nitrogens with zero attached hydrogens (tertiary/aromatic N) is 8. The lowest BCUT2D eigenvalue weighted by molar-refractivity contribution is 0.0260. The number of aromatic nitrogens is 6. The summed E-state index contributed by atoms with van der Waals surface area (Å²) in [5.74, 6) is -0.980. The Morgan fingerprint density at radius 2 is 1.01 bits per heavy atom. The van der Waals surface area contributed by atoms with Crippen LogP contribution in [-0.2, 0) is 19.6 Å². The molecule has 4 amide bonds. The average molecular weight is 1040 g/mol. The molecule has 8 rings (SSSR count). The highest BCUT2D eigenvalue weighted by Gasteiger charge is 2.33. The highest BCUT2D eigenvalue weighted by Crippen LogP contribution is 2.40. The normalized spacial score (nSPS) is 14.2. The van der Waals surface area contributed by atoms with Gasteiger partial charge in [-0.15, -0.1) is 0 Å². The van der Waals surface area contributed by atoms with E-state index in [1.54, 1.807) is 91.8 Å². The number of ether oxygens (including phenoxy) is 3.